The molecule has 2 aromatic rings. The lowest BCUT2D eigenvalue weighted by atomic mass is 10.0. The Hall–Kier alpha value is -2.30. The SMILES string of the molecule is COC(=O)[C@@H](NC(=O)c1c[nH]c2ccccc12)C(C)C. The standard InChI is InChI=1S/C15H18N2O3/c1-9(2)13(15(19)20-3)17-14(18)11-8-16-12-7-5-4-6-10(11)12/h4-9,13,16H,1-3H3,(H,17,18)/t13-/m0/s1. The largest absolute Gasteiger partial charge is 0.467 e. The third-order valence-electron chi connectivity index (χ3n) is 3.24. The van der Waals surface area contributed by atoms with E-state index in [9.17, 15) is 9.59 Å². The van der Waals surface area contributed by atoms with Gasteiger partial charge in [0.15, 0.2) is 0 Å². The molecule has 0 aliphatic heterocycles. The molecule has 1 atom stereocenters. The van der Waals surface area contributed by atoms with Gasteiger partial charge in [0.2, 0.25) is 0 Å². The van der Waals surface area contributed by atoms with Crippen LogP contribution in [0.25, 0.3) is 10.9 Å². The molecular formula is C15H18N2O3. The van der Waals surface area contributed by atoms with Gasteiger partial charge in [-0.05, 0) is 12.0 Å². The maximum atomic E-state index is 12.3. The van der Waals surface area contributed by atoms with Crippen molar-refractivity contribution in [2.24, 2.45) is 5.92 Å². The number of carbonyl (C=O) groups excluding carboxylic acids is 2. The van der Waals surface area contributed by atoms with Crippen LogP contribution in [0.1, 0.15) is 24.2 Å². The van der Waals surface area contributed by atoms with Crippen molar-refractivity contribution in [1.82, 2.24) is 10.3 Å². The van der Waals surface area contributed by atoms with Gasteiger partial charge < -0.3 is 15.0 Å². The van der Waals surface area contributed by atoms with Crippen molar-refractivity contribution < 1.29 is 14.3 Å². The zero-order valence-electron chi connectivity index (χ0n) is 11.8. The van der Waals surface area contributed by atoms with Crippen LogP contribution in [0.4, 0.5) is 0 Å². The number of fused-ring (bicyclic) bond motifs is 1. The molecule has 0 saturated carbocycles. The fourth-order valence-electron chi connectivity index (χ4n) is 2.10. The molecule has 1 amide bonds. The van der Waals surface area contributed by atoms with Gasteiger partial charge >= 0.3 is 5.97 Å². The molecular weight excluding hydrogens is 256 g/mol. The van der Waals surface area contributed by atoms with Gasteiger partial charge in [-0.3, -0.25) is 4.79 Å². The van der Waals surface area contributed by atoms with Crippen molar-refractivity contribution in [1.29, 1.82) is 0 Å². The van der Waals surface area contributed by atoms with Gasteiger partial charge in [-0.25, -0.2) is 4.79 Å². The minimum absolute atomic E-state index is 0.0448. The number of H-pyrrole nitrogens is 1. The molecule has 1 heterocycles. The normalized spacial score (nSPS) is 12.4. The second-order valence-electron chi connectivity index (χ2n) is 4.97. The lowest BCUT2D eigenvalue weighted by molar-refractivity contribution is -0.144. The highest BCUT2D eigenvalue weighted by Crippen LogP contribution is 2.18. The van der Waals surface area contributed by atoms with E-state index >= 15 is 0 Å². The maximum Gasteiger partial charge on any atom is 0.328 e. The Morgan fingerprint density at radius 2 is 1.95 bits per heavy atom. The van der Waals surface area contributed by atoms with E-state index in [1.807, 2.05) is 38.1 Å². The van der Waals surface area contributed by atoms with Gasteiger partial charge in [-0.15, -0.1) is 0 Å². The van der Waals surface area contributed by atoms with Crippen LogP contribution in [0.3, 0.4) is 0 Å². The van der Waals surface area contributed by atoms with E-state index < -0.39 is 12.0 Å². The number of aromatic amines is 1. The summed E-state index contributed by atoms with van der Waals surface area (Å²) in [6, 6.07) is 6.87. The zero-order chi connectivity index (χ0) is 14.7. The minimum Gasteiger partial charge on any atom is -0.467 e. The number of esters is 1. The van der Waals surface area contributed by atoms with Crippen LogP contribution in [0.5, 0.6) is 0 Å². The first-order chi connectivity index (χ1) is 9.54. The number of ether oxygens (including phenoxy) is 1. The molecule has 0 saturated heterocycles. The van der Waals surface area contributed by atoms with Gasteiger partial charge in [0.25, 0.3) is 5.91 Å². The third kappa shape index (κ3) is 2.66. The van der Waals surface area contributed by atoms with Crippen LogP contribution in [0, 0.1) is 5.92 Å². The number of carbonyl (C=O) groups is 2. The van der Waals surface area contributed by atoms with Gasteiger partial charge in [0.1, 0.15) is 6.04 Å². The summed E-state index contributed by atoms with van der Waals surface area (Å²) in [6.07, 6.45) is 1.65. The van der Waals surface area contributed by atoms with E-state index in [1.165, 1.54) is 7.11 Å². The van der Waals surface area contributed by atoms with E-state index in [4.69, 9.17) is 4.74 Å². The van der Waals surface area contributed by atoms with Gasteiger partial charge in [-0.2, -0.15) is 0 Å². The third-order valence-corrected chi connectivity index (χ3v) is 3.24. The molecule has 0 aliphatic rings. The first-order valence-corrected chi connectivity index (χ1v) is 6.49. The molecule has 5 nitrogen and oxygen atoms in total. The molecule has 0 radical (unpaired) electrons. The van der Waals surface area contributed by atoms with Gasteiger partial charge in [-0.1, -0.05) is 32.0 Å². The quantitative estimate of drug-likeness (QED) is 0.839. The smallest absolute Gasteiger partial charge is 0.328 e. The number of hydrogen-bond acceptors (Lipinski definition) is 3. The van der Waals surface area contributed by atoms with Crippen molar-refractivity contribution >= 4 is 22.8 Å². The predicted octanol–water partition coefficient (Wildman–Crippen LogP) is 2.10. The summed E-state index contributed by atoms with van der Waals surface area (Å²) in [5.41, 5.74) is 1.41. The second kappa shape index (κ2) is 5.77. The molecule has 20 heavy (non-hydrogen) atoms. The Morgan fingerprint density at radius 1 is 1.25 bits per heavy atom. The number of para-hydroxylation sites is 1. The number of amides is 1. The number of rotatable bonds is 4. The monoisotopic (exact) mass is 274 g/mol. The highest BCUT2D eigenvalue weighted by Gasteiger charge is 2.26. The predicted molar refractivity (Wildman–Crippen MR) is 76.4 cm³/mol. The van der Waals surface area contributed by atoms with E-state index in [0.717, 1.165) is 10.9 Å². The summed E-state index contributed by atoms with van der Waals surface area (Å²) in [5.74, 6) is -0.767. The minimum atomic E-state index is -0.652. The topological polar surface area (TPSA) is 71.2 Å². The number of methoxy groups -OCH3 is 1. The van der Waals surface area contributed by atoms with Crippen molar-refractivity contribution in [3.63, 3.8) is 0 Å². The number of hydrogen-bond donors (Lipinski definition) is 2. The lowest BCUT2D eigenvalue weighted by Crippen LogP contribution is -2.44. The van der Waals surface area contributed by atoms with Crippen molar-refractivity contribution in [2.45, 2.75) is 19.9 Å². The molecule has 2 N–H and O–H groups in total. The van der Waals surface area contributed by atoms with Crippen molar-refractivity contribution in [3.05, 3.63) is 36.0 Å². The Bertz CT molecular complexity index is 631. The fraction of sp³-hybridized carbons (Fsp3) is 0.333. The summed E-state index contributed by atoms with van der Waals surface area (Å²) < 4.78 is 4.72. The van der Waals surface area contributed by atoms with E-state index in [2.05, 4.69) is 10.3 Å². The summed E-state index contributed by atoms with van der Waals surface area (Å²) in [5, 5.41) is 3.56. The highest BCUT2D eigenvalue weighted by molar-refractivity contribution is 6.07. The van der Waals surface area contributed by atoms with Gasteiger partial charge in [0, 0.05) is 17.1 Å². The second-order valence-corrected chi connectivity index (χ2v) is 4.97. The van der Waals surface area contributed by atoms with E-state index in [0.29, 0.717) is 5.56 Å². The summed E-state index contributed by atoms with van der Waals surface area (Å²) >= 11 is 0. The molecule has 2 rings (SSSR count). The van der Waals surface area contributed by atoms with Crippen LogP contribution in [-0.4, -0.2) is 30.0 Å². The summed E-state index contributed by atoms with van der Waals surface area (Å²) in [7, 11) is 1.32. The molecule has 5 heteroatoms. The molecule has 1 aromatic carbocycles. The first kappa shape index (κ1) is 14.1. The van der Waals surface area contributed by atoms with E-state index in [-0.39, 0.29) is 11.8 Å². The molecule has 0 bridgehead atoms. The average molecular weight is 274 g/mol. The number of benzene rings is 1. The maximum absolute atomic E-state index is 12.3. The molecule has 0 unspecified atom stereocenters. The zero-order valence-corrected chi connectivity index (χ0v) is 11.8. The fourth-order valence-corrected chi connectivity index (χ4v) is 2.10. The van der Waals surface area contributed by atoms with Crippen LogP contribution in [-0.2, 0) is 9.53 Å². The van der Waals surface area contributed by atoms with Crippen LogP contribution >= 0.6 is 0 Å². The Labute approximate surface area is 117 Å². The van der Waals surface area contributed by atoms with Crippen LogP contribution < -0.4 is 5.32 Å². The molecule has 1 aromatic heterocycles. The van der Waals surface area contributed by atoms with Crippen molar-refractivity contribution in [2.75, 3.05) is 7.11 Å². The molecule has 0 aliphatic carbocycles. The first-order valence-electron chi connectivity index (χ1n) is 6.49. The van der Waals surface area contributed by atoms with Gasteiger partial charge in [0.05, 0.1) is 12.7 Å². The Kier molecular flexibility index (Phi) is 4.08. The molecule has 106 valence electrons. The average Bonchev–Trinajstić information content (AvgIpc) is 2.87. The Balaban J connectivity index is 2.25. The summed E-state index contributed by atoms with van der Waals surface area (Å²) in [4.78, 5) is 27.0. The molecule has 0 fully saturated rings. The highest BCUT2D eigenvalue weighted by atomic mass is 16.5. The Morgan fingerprint density at radius 3 is 2.60 bits per heavy atom. The lowest BCUT2D eigenvalue weighted by Gasteiger charge is -2.19. The molecule has 0 spiro atoms. The van der Waals surface area contributed by atoms with Crippen LogP contribution in [0.15, 0.2) is 30.5 Å². The van der Waals surface area contributed by atoms with Crippen LogP contribution in [0.2, 0.25) is 0 Å². The van der Waals surface area contributed by atoms with Crippen molar-refractivity contribution in [3.8, 4) is 0 Å². The number of aromatic nitrogens is 1. The number of nitrogens with one attached hydrogen (secondary N) is 2. The summed E-state index contributed by atoms with van der Waals surface area (Å²) in [6.45, 7) is 3.72. The van der Waals surface area contributed by atoms with E-state index in [1.54, 1.807) is 6.20 Å².